The second-order valence-corrected chi connectivity index (χ2v) is 6.18. The predicted octanol–water partition coefficient (Wildman–Crippen LogP) is 1.85. The SMILES string of the molecule is CCOC(=O)C1=C(COC(=O)c2cn(C)c3ccccc23)NC(=O)NC1C. The number of aryl methyl sites for hydroxylation is 1. The Labute approximate surface area is 156 Å². The maximum atomic E-state index is 12.6. The number of rotatable bonds is 5. The standard InChI is InChI=1S/C19H21N3O5/c1-4-26-18(24)16-11(2)20-19(25)21-14(16)10-27-17(23)13-9-22(3)15-8-6-5-7-12(13)15/h5-9,11H,4,10H2,1-3H3,(H2,20,21,25). The summed E-state index contributed by atoms with van der Waals surface area (Å²) < 4.78 is 12.3. The average Bonchev–Trinajstić information content (AvgIpc) is 2.96. The van der Waals surface area contributed by atoms with Crippen LogP contribution in [0.25, 0.3) is 10.9 Å². The molecule has 8 heteroatoms. The molecule has 27 heavy (non-hydrogen) atoms. The molecule has 1 aromatic heterocycles. The van der Waals surface area contributed by atoms with Crippen molar-refractivity contribution in [3.8, 4) is 0 Å². The number of carbonyl (C=O) groups excluding carboxylic acids is 3. The van der Waals surface area contributed by atoms with Crippen LogP contribution >= 0.6 is 0 Å². The highest BCUT2D eigenvalue weighted by Crippen LogP contribution is 2.22. The third-order valence-electron chi connectivity index (χ3n) is 4.33. The van der Waals surface area contributed by atoms with Gasteiger partial charge in [0.25, 0.3) is 0 Å². The predicted molar refractivity (Wildman–Crippen MR) is 98.0 cm³/mol. The maximum absolute atomic E-state index is 12.6. The first-order valence-corrected chi connectivity index (χ1v) is 8.61. The van der Waals surface area contributed by atoms with Crippen LogP contribution in [0.15, 0.2) is 41.7 Å². The summed E-state index contributed by atoms with van der Waals surface area (Å²) in [5, 5.41) is 5.90. The van der Waals surface area contributed by atoms with Crippen molar-refractivity contribution in [1.82, 2.24) is 15.2 Å². The van der Waals surface area contributed by atoms with Gasteiger partial charge in [0.2, 0.25) is 0 Å². The summed E-state index contributed by atoms with van der Waals surface area (Å²) in [6, 6.07) is 6.46. The Morgan fingerprint density at radius 2 is 1.93 bits per heavy atom. The molecule has 2 heterocycles. The van der Waals surface area contributed by atoms with E-state index in [1.165, 1.54) is 0 Å². The van der Waals surface area contributed by atoms with Gasteiger partial charge in [-0.3, -0.25) is 0 Å². The quantitative estimate of drug-likeness (QED) is 0.782. The first kappa shape index (κ1) is 18.5. The molecule has 2 amide bonds. The fourth-order valence-electron chi connectivity index (χ4n) is 3.11. The van der Waals surface area contributed by atoms with Gasteiger partial charge in [0.1, 0.15) is 6.61 Å². The Bertz CT molecular complexity index is 944. The number of ether oxygens (including phenoxy) is 2. The van der Waals surface area contributed by atoms with E-state index in [0.29, 0.717) is 5.56 Å². The van der Waals surface area contributed by atoms with Gasteiger partial charge in [-0.15, -0.1) is 0 Å². The molecule has 1 aliphatic heterocycles. The lowest BCUT2D eigenvalue weighted by molar-refractivity contribution is -0.139. The smallest absolute Gasteiger partial charge is 0.340 e. The number of benzene rings is 1. The monoisotopic (exact) mass is 371 g/mol. The van der Waals surface area contributed by atoms with Crippen LogP contribution in [-0.4, -0.2) is 41.8 Å². The lowest BCUT2D eigenvalue weighted by atomic mass is 10.0. The minimum absolute atomic E-state index is 0.200. The van der Waals surface area contributed by atoms with Crippen LogP contribution in [0.4, 0.5) is 4.79 Å². The van der Waals surface area contributed by atoms with Gasteiger partial charge in [0.15, 0.2) is 0 Å². The summed E-state index contributed by atoms with van der Waals surface area (Å²) in [5.74, 6) is -1.10. The number of nitrogens with zero attached hydrogens (tertiary/aromatic N) is 1. The van der Waals surface area contributed by atoms with Crippen LogP contribution in [0, 0.1) is 0 Å². The summed E-state index contributed by atoms with van der Waals surface area (Å²) in [6.07, 6.45) is 1.69. The summed E-state index contributed by atoms with van der Waals surface area (Å²) >= 11 is 0. The molecule has 0 radical (unpaired) electrons. The van der Waals surface area contributed by atoms with Crippen molar-refractivity contribution in [2.75, 3.05) is 13.2 Å². The van der Waals surface area contributed by atoms with E-state index in [-0.39, 0.29) is 24.5 Å². The van der Waals surface area contributed by atoms with Crippen LogP contribution < -0.4 is 10.6 Å². The van der Waals surface area contributed by atoms with E-state index < -0.39 is 24.0 Å². The van der Waals surface area contributed by atoms with Gasteiger partial charge in [-0.05, 0) is 19.9 Å². The number of hydrogen-bond acceptors (Lipinski definition) is 5. The summed E-state index contributed by atoms with van der Waals surface area (Å²) in [5.41, 5.74) is 1.78. The van der Waals surface area contributed by atoms with Gasteiger partial charge in [-0.25, -0.2) is 14.4 Å². The van der Waals surface area contributed by atoms with Crippen LogP contribution in [0.5, 0.6) is 0 Å². The van der Waals surface area contributed by atoms with Crippen molar-refractivity contribution in [2.24, 2.45) is 7.05 Å². The molecule has 8 nitrogen and oxygen atoms in total. The zero-order valence-corrected chi connectivity index (χ0v) is 15.4. The Morgan fingerprint density at radius 1 is 1.19 bits per heavy atom. The second kappa shape index (κ2) is 7.53. The molecule has 142 valence electrons. The van der Waals surface area contributed by atoms with Gasteiger partial charge < -0.3 is 24.7 Å². The van der Waals surface area contributed by atoms with E-state index in [1.807, 2.05) is 35.9 Å². The molecule has 2 N–H and O–H groups in total. The lowest BCUT2D eigenvalue weighted by Crippen LogP contribution is -2.50. The largest absolute Gasteiger partial charge is 0.463 e. The number of fused-ring (bicyclic) bond motifs is 1. The number of amides is 2. The van der Waals surface area contributed by atoms with Crippen molar-refractivity contribution >= 4 is 28.9 Å². The Kier molecular flexibility index (Phi) is 5.16. The van der Waals surface area contributed by atoms with Crippen molar-refractivity contribution in [1.29, 1.82) is 0 Å². The first-order chi connectivity index (χ1) is 12.9. The molecule has 2 aromatic rings. The van der Waals surface area contributed by atoms with E-state index in [0.717, 1.165) is 10.9 Å². The molecule has 1 unspecified atom stereocenters. The van der Waals surface area contributed by atoms with Crippen molar-refractivity contribution < 1.29 is 23.9 Å². The first-order valence-electron chi connectivity index (χ1n) is 8.61. The van der Waals surface area contributed by atoms with Gasteiger partial charge in [-0.1, -0.05) is 18.2 Å². The third kappa shape index (κ3) is 3.64. The number of urea groups is 1. The van der Waals surface area contributed by atoms with Crippen molar-refractivity contribution in [2.45, 2.75) is 19.9 Å². The number of esters is 2. The third-order valence-corrected chi connectivity index (χ3v) is 4.33. The molecule has 0 saturated carbocycles. The second-order valence-electron chi connectivity index (χ2n) is 6.18. The van der Waals surface area contributed by atoms with Crippen LogP contribution in [0.3, 0.4) is 0 Å². The van der Waals surface area contributed by atoms with Crippen LogP contribution in [0.2, 0.25) is 0 Å². The Balaban J connectivity index is 1.84. The van der Waals surface area contributed by atoms with E-state index in [2.05, 4.69) is 10.6 Å². The Hall–Kier alpha value is -3.29. The highest BCUT2D eigenvalue weighted by Gasteiger charge is 2.30. The fourth-order valence-corrected chi connectivity index (χ4v) is 3.11. The molecule has 0 saturated heterocycles. The van der Waals surface area contributed by atoms with E-state index in [4.69, 9.17) is 9.47 Å². The van der Waals surface area contributed by atoms with Gasteiger partial charge >= 0.3 is 18.0 Å². The van der Waals surface area contributed by atoms with Crippen LogP contribution in [-0.2, 0) is 21.3 Å². The molecule has 0 spiro atoms. The topological polar surface area (TPSA) is 98.7 Å². The highest BCUT2D eigenvalue weighted by atomic mass is 16.5. The number of hydrogen-bond donors (Lipinski definition) is 2. The average molecular weight is 371 g/mol. The molecule has 0 fully saturated rings. The van der Waals surface area contributed by atoms with E-state index >= 15 is 0 Å². The number of carbonyl (C=O) groups is 3. The summed E-state index contributed by atoms with van der Waals surface area (Å²) in [7, 11) is 1.84. The Morgan fingerprint density at radius 3 is 2.67 bits per heavy atom. The molecule has 0 bridgehead atoms. The van der Waals surface area contributed by atoms with Crippen molar-refractivity contribution in [3.05, 3.63) is 47.3 Å². The number of aromatic nitrogens is 1. The normalized spacial score (nSPS) is 16.7. The molecular formula is C19H21N3O5. The van der Waals surface area contributed by atoms with E-state index in [9.17, 15) is 14.4 Å². The van der Waals surface area contributed by atoms with Crippen molar-refractivity contribution in [3.63, 3.8) is 0 Å². The molecular weight excluding hydrogens is 350 g/mol. The highest BCUT2D eigenvalue weighted by molar-refractivity contribution is 6.04. The minimum atomic E-state index is -0.561. The number of nitrogens with one attached hydrogen (secondary N) is 2. The maximum Gasteiger partial charge on any atom is 0.340 e. The van der Waals surface area contributed by atoms with Crippen LogP contribution in [0.1, 0.15) is 24.2 Å². The lowest BCUT2D eigenvalue weighted by Gasteiger charge is -2.26. The summed E-state index contributed by atoms with van der Waals surface area (Å²) in [6.45, 7) is 3.32. The summed E-state index contributed by atoms with van der Waals surface area (Å²) in [4.78, 5) is 36.5. The number of para-hydroxylation sites is 1. The molecule has 3 rings (SSSR count). The zero-order valence-electron chi connectivity index (χ0n) is 15.4. The molecule has 1 atom stereocenters. The molecule has 1 aromatic carbocycles. The molecule has 1 aliphatic rings. The van der Waals surface area contributed by atoms with Gasteiger partial charge in [-0.2, -0.15) is 0 Å². The fraction of sp³-hybridized carbons (Fsp3) is 0.316. The zero-order chi connectivity index (χ0) is 19.6. The van der Waals surface area contributed by atoms with Gasteiger partial charge in [0, 0.05) is 24.1 Å². The van der Waals surface area contributed by atoms with E-state index in [1.54, 1.807) is 20.0 Å². The minimum Gasteiger partial charge on any atom is -0.463 e. The van der Waals surface area contributed by atoms with Gasteiger partial charge in [0.05, 0.1) is 29.5 Å². The molecule has 0 aliphatic carbocycles.